The highest BCUT2D eigenvalue weighted by molar-refractivity contribution is 6.02. The molecule has 0 atom stereocenters. The number of halogens is 1. The van der Waals surface area contributed by atoms with Gasteiger partial charge in [0.15, 0.2) is 0 Å². The van der Waals surface area contributed by atoms with Gasteiger partial charge in [0, 0.05) is 5.56 Å². The molecule has 0 aliphatic carbocycles. The molecule has 5 heteroatoms. The van der Waals surface area contributed by atoms with Gasteiger partial charge in [0.2, 0.25) is 0 Å². The lowest BCUT2D eigenvalue weighted by atomic mass is 10.1. The number of nitrogens with one attached hydrogen (secondary N) is 1. The largest absolute Gasteiger partial charge is 0.465 e. The normalized spacial score (nSPS) is 10.8. The predicted octanol–water partition coefficient (Wildman–Crippen LogP) is 3.46. The average molecular weight is 284 g/mol. The number of rotatable bonds is 2. The molecule has 0 amide bonds. The quantitative estimate of drug-likeness (QED) is 0.733. The molecule has 0 saturated carbocycles. The minimum atomic E-state index is -0.449. The Hall–Kier alpha value is -2.69. The molecule has 0 aliphatic rings. The van der Waals surface area contributed by atoms with Crippen molar-refractivity contribution in [1.82, 2.24) is 9.97 Å². The SMILES string of the molecule is COC(=O)c1cccc2[nH]c(-c3cc(F)ccc3C)nc12. The van der Waals surface area contributed by atoms with Gasteiger partial charge in [-0.1, -0.05) is 12.1 Å². The van der Waals surface area contributed by atoms with E-state index in [4.69, 9.17) is 4.74 Å². The van der Waals surface area contributed by atoms with E-state index in [1.165, 1.54) is 19.2 Å². The molecular formula is C16H13FN2O2. The Bertz CT molecular complexity index is 839. The van der Waals surface area contributed by atoms with E-state index in [-0.39, 0.29) is 5.82 Å². The van der Waals surface area contributed by atoms with Gasteiger partial charge in [-0.25, -0.2) is 14.2 Å². The van der Waals surface area contributed by atoms with Crippen molar-refractivity contribution in [2.75, 3.05) is 7.11 Å². The van der Waals surface area contributed by atoms with Crippen molar-refractivity contribution in [3.05, 3.63) is 53.3 Å². The number of para-hydroxylation sites is 1. The van der Waals surface area contributed by atoms with Crippen LogP contribution in [0.15, 0.2) is 36.4 Å². The Morgan fingerprint density at radius 2 is 2.10 bits per heavy atom. The van der Waals surface area contributed by atoms with Crippen molar-refractivity contribution in [3.63, 3.8) is 0 Å². The topological polar surface area (TPSA) is 55.0 Å². The monoisotopic (exact) mass is 284 g/mol. The third-order valence-electron chi connectivity index (χ3n) is 3.37. The number of aromatic nitrogens is 2. The molecule has 106 valence electrons. The van der Waals surface area contributed by atoms with Crippen LogP contribution in [0.4, 0.5) is 4.39 Å². The van der Waals surface area contributed by atoms with Crippen LogP contribution in [0.25, 0.3) is 22.4 Å². The summed E-state index contributed by atoms with van der Waals surface area (Å²) in [5.74, 6) is -0.253. The van der Waals surface area contributed by atoms with Gasteiger partial charge in [-0.05, 0) is 36.8 Å². The number of esters is 1. The number of ether oxygens (including phenoxy) is 1. The zero-order chi connectivity index (χ0) is 15.0. The summed E-state index contributed by atoms with van der Waals surface area (Å²) in [7, 11) is 1.32. The number of carbonyl (C=O) groups is 1. The second kappa shape index (κ2) is 5.01. The maximum Gasteiger partial charge on any atom is 0.340 e. The van der Waals surface area contributed by atoms with E-state index in [0.717, 1.165) is 5.56 Å². The lowest BCUT2D eigenvalue weighted by Gasteiger charge is -2.01. The van der Waals surface area contributed by atoms with Crippen LogP contribution >= 0.6 is 0 Å². The molecule has 21 heavy (non-hydrogen) atoms. The summed E-state index contributed by atoms with van der Waals surface area (Å²) in [4.78, 5) is 19.3. The van der Waals surface area contributed by atoms with Crippen molar-refractivity contribution in [2.45, 2.75) is 6.92 Å². The van der Waals surface area contributed by atoms with E-state index < -0.39 is 5.97 Å². The van der Waals surface area contributed by atoms with Gasteiger partial charge >= 0.3 is 5.97 Å². The first-order valence-corrected chi connectivity index (χ1v) is 6.43. The Balaban J connectivity index is 2.22. The molecule has 4 nitrogen and oxygen atoms in total. The molecule has 0 fully saturated rings. The van der Waals surface area contributed by atoms with Crippen molar-refractivity contribution < 1.29 is 13.9 Å². The summed E-state index contributed by atoms with van der Waals surface area (Å²) in [5, 5.41) is 0. The Morgan fingerprint density at radius 1 is 1.29 bits per heavy atom. The summed E-state index contributed by atoms with van der Waals surface area (Å²) in [6.07, 6.45) is 0. The number of H-pyrrole nitrogens is 1. The Labute approximate surface area is 120 Å². The predicted molar refractivity (Wildman–Crippen MR) is 77.6 cm³/mol. The molecular weight excluding hydrogens is 271 g/mol. The van der Waals surface area contributed by atoms with E-state index >= 15 is 0 Å². The maximum atomic E-state index is 13.4. The first kappa shape index (κ1) is 13.3. The minimum absolute atomic E-state index is 0.329. The van der Waals surface area contributed by atoms with Crippen LogP contribution in [0.2, 0.25) is 0 Å². The summed E-state index contributed by atoms with van der Waals surface area (Å²) >= 11 is 0. The lowest BCUT2D eigenvalue weighted by Crippen LogP contribution is -2.01. The molecule has 0 bridgehead atoms. The molecule has 1 N–H and O–H groups in total. The van der Waals surface area contributed by atoms with Gasteiger partial charge in [-0.3, -0.25) is 0 Å². The summed E-state index contributed by atoms with van der Waals surface area (Å²) in [5.41, 5.74) is 3.17. The number of hydrogen-bond donors (Lipinski definition) is 1. The number of methoxy groups -OCH3 is 1. The van der Waals surface area contributed by atoms with Crippen molar-refractivity contribution in [3.8, 4) is 11.4 Å². The summed E-state index contributed by atoms with van der Waals surface area (Å²) < 4.78 is 18.2. The highest BCUT2D eigenvalue weighted by Crippen LogP contribution is 2.26. The number of aryl methyl sites for hydroxylation is 1. The number of imidazole rings is 1. The molecule has 3 rings (SSSR count). The zero-order valence-corrected chi connectivity index (χ0v) is 11.6. The van der Waals surface area contributed by atoms with Gasteiger partial charge in [0.25, 0.3) is 0 Å². The lowest BCUT2D eigenvalue weighted by molar-refractivity contribution is 0.0603. The number of fused-ring (bicyclic) bond motifs is 1. The van der Waals surface area contributed by atoms with Gasteiger partial charge in [-0.2, -0.15) is 0 Å². The zero-order valence-electron chi connectivity index (χ0n) is 11.6. The minimum Gasteiger partial charge on any atom is -0.465 e. The Kier molecular flexibility index (Phi) is 3.17. The first-order chi connectivity index (χ1) is 10.1. The van der Waals surface area contributed by atoms with Crippen LogP contribution in [0.5, 0.6) is 0 Å². The van der Waals surface area contributed by atoms with Crippen LogP contribution in [-0.2, 0) is 4.74 Å². The second-order valence-electron chi connectivity index (χ2n) is 4.74. The van der Waals surface area contributed by atoms with Crippen LogP contribution in [0, 0.1) is 12.7 Å². The van der Waals surface area contributed by atoms with Gasteiger partial charge in [0.05, 0.1) is 18.2 Å². The van der Waals surface area contributed by atoms with Gasteiger partial charge in [0.1, 0.15) is 17.2 Å². The third-order valence-corrected chi connectivity index (χ3v) is 3.37. The number of hydrogen-bond acceptors (Lipinski definition) is 3. The standard InChI is InChI=1S/C16H13FN2O2/c1-9-6-7-10(17)8-12(9)15-18-13-5-3-4-11(14(13)19-15)16(20)21-2/h3-8H,1-2H3,(H,18,19). The number of benzene rings is 2. The van der Waals surface area contributed by atoms with Crippen LogP contribution in [-0.4, -0.2) is 23.0 Å². The third kappa shape index (κ3) is 2.27. The first-order valence-electron chi connectivity index (χ1n) is 6.43. The highest BCUT2D eigenvalue weighted by Gasteiger charge is 2.15. The molecule has 0 radical (unpaired) electrons. The van der Waals surface area contributed by atoms with Crippen LogP contribution < -0.4 is 0 Å². The van der Waals surface area contributed by atoms with E-state index in [2.05, 4.69) is 9.97 Å². The molecule has 0 saturated heterocycles. The molecule has 1 aromatic heterocycles. The molecule has 0 aliphatic heterocycles. The number of carbonyl (C=O) groups excluding carboxylic acids is 1. The highest BCUT2D eigenvalue weighted by atomic mass is 19.1. The van der Waals surface area contributed by atoms with Crippen molar-refractivity contribution in [2.24, 2.45) is 0 Å². The smallest absolute Gasteiger partial charge is 0.340 e. The van der Waals surface area contributed by atoms with E-state index in [9.17, 15) is 9.18 Å². The molecule has 0 spiro atoms. The van der Waals surface area contributed by atoms with Gasteiger partial charge < -0.3 is 9.72 Å². The molecule has 1 heterocycles. The molecule has 0 unspecified atom stereocenters. The molecule has 2 aromatic carbocycles. The summed E-state index contributed by atoms with van der Waals surface area (Å²) in [6.45, 7) is 1.88. The fourth-order valence-corrected chi connectivity index (χ4v) is 2.28. The summed E-state index contributed by atoms with van der Waals surface area (Å²) in [6, 6.07) is 9.73. The van der Waals surface area contributed by atoms with Crippen LogP contribution in [0.1, 0.15) is 15.9 Å². The van der Waals surface area contributed by atoms with E-state index in [1.54, 1.807) is 18.2 Å². The second-order valence-corrected chi connectivity index (χ2v) is 4.74. The molecule has 3 aromatic rings. The number of nitrogens with zero attached hydrogens (tertiary/aromatic N) is 1. The van der Waals surface area contributed by atoms with Crippen LogP contribution in [0.3, 0.4) is 0 Å². The average Bonchev–Trinajstić information content (AvgIpc) is 2.92. The van der Waals surface area contributed by atoms with Crippen molar-refractivity contribution >= 4 is 17.0 Å². The van der Waals surface area contributed by atoms with E-state index in [1.807, 2.05) is 13.0 Å². The Morgan fingerprint density at radius 3 is 2.86 bits per heavy atom. The fraction of sp³-hybridized carbons (Fsp3) is 0.125. The van der Waals surface area contributed by atoms with Gasteiger partial charge in [-0.15, -0.1) is 0 Å². The van der Waals surface area contributed by atoms with Crippen molar-refractivity contribution in [1.29, 1.82) is 0 Å². The number of aromatic amines is 1. The fourth-order valence-electron chi connectivity index (χ4n) is 2.28. The van der Waals surface area contributed by atoms with E-state index in [0.29, 0.717) is 28.0 Å². The maximum absolute atomic E-state index is 13.4.